The van der Waals surface area contributed by atoms with E-state index in [4.69, 9.17) is 4.74 Å². The highest BCUT2D eigenvalue weighted by Crippen LogP contribution is 2.35. The number of pyridine rings is 1. The van der Waals surface area contributed by atoms with Gasteiger partial charge in [-0.1, -0.05) is 24.3 Å². The molecule has 0 spiro atoms. The second-order valence-electron chi connectivity index (χ2n) is 6.17. The molecule has 0 aliphatic rings. The van der Waals surface area contributed by atoms with Gasteiger partial charge >= 0.3 is 5.97 Å². The van der Waals surface area contributed by atoms with E-state index < -0.39 is 10.9 Å². The summed E-state index contributed by atoms with van der Waals surface area (Å²) in [7, 11) is 1.52. The highest BCUT2D eigenvalue weighted by Gasteiger charge is 2.21. The largest absolute Gasteiger partial charge is 0.496 e. The van der Waals surface area contributed by atoms with E-state index in [1.165, 1.54) is 31.4 Å². The van der Waals surface area contributed by atoms with E-state index in [9.17, 15) is 20.0 Å². The predicted molar refractivity (Wildman–Crippen MR) is 105 cm³/mol. The first-order chi connectivity index (χ1) is 14.0. The van der Waals surface area contributed by atoms with Gasteiger partial charge in [0.1, 0.15) is 5.75 Å². The van der Waals surface area contributed by atoms with Gasteiger partial charge in [-0.25, -0.2) is 9.78 Å². The number of rotatable bonds is 5. The van der Waals surface area contributed by atoms with E-state index >= 15 is 0 Å². The number of nitro groups is 1. The average Bonchev–Trinajstić information content (AvgIpc) is 3.17. The first-order valence-corrected chi connectivity index (χ1v) is 8.50. The molecule has 4 rings (SSSR count). The summed E-state index contributed by atoms with van der Waals surface area (Å²) < 4.78 is 5.34. The molecule has 2 heterocycles. The van der Waals surface area contributed by atoms with E-state index in [1.54, 1.807) is 30.3 Å². The van der Waals surface area contributed by atoms with Crippen molar-refractivity contribution >= 4 is 22.7 Å². The number of para-hydroxylation sites is 1. The first-order valence-electron chi connectivity index (χ1n) is 8.50. The molecule has 0 radical (unpaired) electrons. The van der Waals surface area contributed by atoms with Crippen LogP contribution in [0.15, 0.2) is 54.6 Å². The molecule has 29 heavy (non-hydrogen) atoms. The number of nitrogens with zero attached hydrogens (tertiary/aromatic N) is 3. The number of nitrogens with one attached hydrogen (secondary N) is 1. The maximum atomic E-state index is 12.0. The summed E-state index contributed by atoms with van der Waals surface area (Å²) in [6.45, 7) is 0. The number of nitro benzene ring substituents is 1. The van der Waals surface area contributed by atoms with Crippen molar-refractivity contribution in [1.29, 1.82) is 0 Å². The number of aromatic carboxylic acids is 1. The summed E-state index contributed by atoms with van der Waals surface area (Å²) in [5.74, 6) is -0.619. The lowest BCUT2D eigenvalue weighted by Gasteiger charge is -2.09. The minimum absolute atomic E-state index is 0.0221. The van der Waals surface area contributed by atoms with Crippen molar-refractivity contribution in [2.45, 2.75) is 0 Å². The SMILES string of the molecule is COc1ccccc1-c1cc(C(=O)O)c2c(-c3cccc([N+](=O)[O-])c3)[nH]nc2n1. The molecule has 9 heteroatoms. The number of aromatic nitrogens is 3. The van der Waals surface area contributed by atoms with Gasteiger partial charge in [0.25, 0.3) is 5.69 Å². The van der Waals surface area contributed by atoms with E-state index in [1.807, 2.05) is 0 Å². The number of carboxylic acid groups (broad SMARTS) is 1. The van der Waals surface area contributed by atoms with Crippen LogP contribution in [0, 0.1) is 10.1 Å². The number of aromatic amines is 1. The van der Waals surface area contributed by atoms with Crippen LogP contribution < -0.4 is 4.74 Å². The third kappa shape index (κ3) is 3.14. The van der Waals surface area contributed by atoms with Gasteiger partial charge in [-0.2, -0.15) is 5.10 Å². The predicted octanol–water partition coefficient (Wildman–Crippen LogP) is 3.91. The summed E-state index contributed by atoms with van der Waals surface area (Å²) >= 11 is 0. The van der Waals surface area contributed by atoms with Gasteiger partial charge in [-0.3, -0.25) is 15.2 Å². The molecule has 0 saturated heterocycles. The van der Waals surface area contributed by atoms with Gasteiger partial charge in [0, 0.05) is 23.3 Å². The molecule has 0 saturated carbocycles. The zero-order chi connectivity index (χ0) is 20.5. The second-order valence-corrected chi connectivity index (χ2v) is 6.17. The Balaban J connectivity index is 1.96. The van der Waals surface area contributed by atoms with Crippen LogP contribution in [0.3, 0.4) is 0 Å². The zero-order valence-corrected chi connectivity index (χ0v) is 15.1. The van der Waals surface area contributed by atoms with Gasteiger partial charge in [-0.05, 0) is 18.2 Å². The molecule has 144 valence electrons. The Labute approximate surface area is 163 Å². The van der Waals surface area contributed by atoms with E-state index in [-0.39, 0.29) is 22.3 Å². The molecule has 0 aliphatic heterocycles. The Morgan fingerprint density at radius 2 is 1.97 bits per heavy atom. The molecule has 4 aromatic rings. The molecule has 2 N–H and O–H groups in total. The van der Waals surface area contributed by atoms with Crippen molar-refractivity contribution in [3.05, 3.63) is 70.3 Å². The molecular weight excluding hydrogens is 376 g/mol. The van der Waals surface area contributed by atoms with Crippen molar-refractivity contribution in [2.24, 2.45) is 0 Å². The molecule has 2 aromatic carbocycles. The molecule has 9 nitrogen and oxygen atoms in total. The Morgan fingerprint density at radius 3 is 2.69 bits per heavy atom. The van der Waals surface area contributed by atoms with E-state index in [0.717, 1.165) is 0 Å². The third-order valence-corrected chi connectivity index (χ3v) is 4.48. The van der Waals surface area contributed by atoms with Crippen LogP contribution >= 0.6 is 0 Å². The van der Waals surface area contributed by atoms with Crippen molar-refractivity contribution in [1.82, 2.24) is 15.2 Å². The lowest BCUT2D eigenvalue weighted by atomic mass is 10.0. The fourth-order valence-electron chi connectivity index (χ4n) is 3.17. The summed E-state index contributed by atoms with van der Waals surface area (Å²) in [5, 5.41) is 28.1. The van der Waals surface area contributed by atoms with Crippen LogP contribution in [-0.4, -0.2) is 38.3 Å². The molecule has 0 unspecified atom stereocenters. The highest BCUT2D eigenvalue weighted by atomic mass is 16.6. The van der Waals surface area contributed by atoms with Crippen molar-refractivity contribution < 1.29 is 19.6 Å². The number of H-pyrrole nitrogens is 1. The molecule has 0 fully saturated rings. The number of ether oxygens (including phenoxy) is 1. The zero-order valence-electron chi connectivity index (χ0n) is 15.1. The number of fused-ring (bicyclic) bond motifs is 1. The number of methoxy groups -OCH3 is 1. The van der Waals surface area contributed by atoms with Crippen LogP contribution in [0.2, 0.25) is 0 Å². The highest BCUT2D eigenvalue weighted by molar-refractivity contribution is 6.08. The monoisotopic (exact) mass is 390 g/mol. The summed E-state index contributed by atoms with van der Waals surface area (Å²) in [4.78, 5) is 27.1. The van der Waals surface area contributed by atoms with Crippen LogP contribution in [0.5, 0.6) is 5.75 Å². The molecular formula is C20H14N4O5. The lowest BCUT2D eigenvalue weighted by Crippen LogP contribution is -2.01. The molecule has 0 atom stereocenters. The normalized spacial score (nSPS) is 10.8. The number of carbonyl (C=O) groups is 1. The topological polar surface area (TPSA) is 131 Å². The van der Waals surface area contributed by atoms with Crippen molar-refractivity contribution in [2.75, 3.05) is 7.11 Å². The molecule has 0 bridgehead atoms. The van der Waals surface area contributed by atoms with E-state index in [2.05, 4.69) is 15.2 Å². The second kappa shape index (κ2) is 7.04. The van der Waals surface area contributed by atoms with Crippen LogP contribution in [0.4, 0.5) is 5.69 Å². The quantitative estimate of drug-likeness (QED) is 0.390. The maximum absolute atomic E-state index is 12.0. The number of hydrogen-bond acceptors (Lipinski definition) is 6. The van der Waals surface area contributed by atoms with Crippen LogP contribution in [-0.2, 0) is 0 Å². The minimum atomic E-state index is -1.17. The van der Waals surface area contributed by atoms with Gasteiger partial charge < -0.3 is 9.84 Å². The Bertz CT molecular complexity index is 1260. The molecule has 2 aromatic heterocycles. The molecule has 0 aliphatic carbocycles. The smallest absolute Gasteiger partial charge is 0.336 e. The Hall–Kier alpha value is -4.27. The average molecular weight is 390 g/mol. The lowest BCUT2D eigenvalue weighted by molar-refractivity contribution is -0.384. The van der Waals surface area contributed by atoms with Crippen molar-refractivity contribution in [3.63, 3.8) is 0 Å². The van der Waals surface area contributed by atoms with Crippen molar-refractivity contribution in [3.8, 4) is 28.3 Å². The fraction of sp³-hybridized carbons (Fsp3) is 0.0500. The standard InChI is InChI=1S/C20H14N4O5/c1-29-16-8-3-2-7-13(16)15-10-14(20(25)26)17-18(22-23-19(17)21-15)11-5-4-6-12(9-11)24(27)28/h2-10H,1H3,(H,25,26)(H,21,22,23). The number of hydrogen-bond donors (Lipinski definition) is 2. The van der Waals surface area contributed by atoms with Crippen LogP contribution in [0.1, 0.15) is 10.4 Å². The Kier molecular flexibility index (Phi) is 4.40. The summed E-state index contributed by atoms with van der Waals surface area (Å²) in [5.41, 5.74) is 1.86. The summed E-state index contributed by atoms with van der Waals surface area (Å²) in [6.07, 6.45) is 0. The first kappa shape index (κ1) is 18.1. The fourth-order valence-corrected chi connectivity index (χ4v) is 3.17. The van der Waals surface area contributed by atoms with Gasteiger partial charge in [0.2, 0.25) is 0 Å². The van der Waals surface area contributed by atoms with Gasteiger partial charge in [0.15, 0.2) is 5.65 Å². The Morgan fingerprint density at radius 1 is 1.17 bits per heavy atom. The third-order valence-electron chi connectivity index (χ3n) is 4.48. The maximum Gasteiger partial charge on any atom is 0.336 e. The number of carboxylic acids is 1. The van der Waals surface area contributed by atoms with E-state index in [0.29, 0.717) is 28.3 Å². The van der Waals surface area contributed by atoms with Crippen LogP contribution in [0.25, 0.3) is 33.5 Å². The van der Waals surface area contributed by atoms with Gasteiger partial charge in [-0.15, -0.1) is 0 Å². The minimum Gasteiger partial charge on any atom is -0.496 e. The van der Waals surface area contributed by atoms with Gasteiger partial charge in [0.05, 0.1) is 34.4 Å². The number of non-ortho nitro benzene ring substituents is 1. The molecule has 0 amide bonds. The summed E-state index contributed by atoms with van der Waals surface area (Å²) in [6, 6.07) is 14.4. The number of benzene rings is 2.